The molecule has 0 fully saturated rings. The van der Waals surface area contributed by atoms with Crippen molar-refractivity contribution in [1.29, 1.82) is 0 Å². The third-order valence-corrected chi connectivity index (χ3v) is 4.78. The van der Waals surface area contributed by atoms with E-state index in [0.717, 1.165) is 42.0 Å². The molecule has 5 nitrogen and oxygen atoms in total. The Hall–Kier alpha value is -2.37. The predicted octanol–water partition coefficient (Wildman–Crippen LogP) is 3.46. The van der Waals surface area contributed by atoms with Gasteiger partial charge in [0.1, 0.15) is 11.9 Å². The SMILES string of the molecule is CCC(O)CN(Cc1cccc(OC)c1)CC1CC(c2ccccc2)=NO1. The second kappa shape index (κ2) is 9.53. The van der Waals surface area contributed by atoms with Crippen LogP contribution in [0, 0.1) is 0 Å². The molecule has 1 aliphatic rings. The Balaban J connectivity index is 1.63. The lowest BCUT2D eigenvalue weighted by Crippen LogP contribution is -2.37. The van der Waals surface area contributed by atoms with Crippen molar-refractivity contribution < 1.29 is 14.7 Å². The summed E-state index contributed by atoms with van der Waals surface area (Å²) in [6, 6.07) is 18.2. The number of hydrogen-bond acceptors (Lipinski definition) is 5. The molecule has 2 aromatic rings. The lowest BCUT2D eigenvalue weighted by Gasteiger charge is -2.26. The van der Waals surface area contributed by atoms with Gasteiger partial charge >= 0.3 is 0 Å². The van der Waals surface area contributed by atoms with Gasteiger partial charge in [0, 0.05) is 26.1 Å². The fraction of sp³-hybridized carbons (Fsp3) is 0.409. The van der Waals surface area contributed by atoms with Crippen molar-refractivity contribution in [1.82, 2.24) is 4.90 Å². The molecule has 0 saturated carbocycles. The van der Waals surface area contributed by atoms with Gasteiger partial charge in [0.05, 0.1) is 18.9 Å². The Morgan fingerprint density at radius 1 is 1.22 bits per heavy atom. The van der Waals surface area contributed by atoms with Crippen LogP contribution < -0.4 is 4.74 Å². The number of oxime groups is 1. The largest absolute Gasteiger partial charge is 0.497 e. The Kier molecular flexibility index (Phi) is 6.85. The zero-order valence-corrected chi connectivity index (χ0v) is 16.0. The first-order valence-electron chi connectivity index (χ1n) is 9.49. The lowest BCUT2D eigenvalue weighted by molar-refractivity contribution is 0.0315. The molecule has 2 unspecified atom stereocenters. The minimum Gasteiger partial charge on any atom is -0.497 e. The average Bonchev–Trinajstić information content (AvgIpc) is 3.17. The van der Waals surface area contributed by atoms with E-state index in [0.29, 0.717) is 13.1 Å². The van der Waals surface area contributed by atoms with E-state index < -0.39 is 0 Å². The summed E-state index contributed by atoms with van der Waals surface area (Å²) in [5.41, 5.74) is 3.24. The molecule has 27 heavy (non-hydrogen) atoms. The van der Waals surface area contributed by atoms with Gasteiger partial charge in [0.25, 0.3) is 0 Å². The van der Waals surface area contributed by atoms with Crippen molar-refractivity contribution in [2.24, 2.45) is 5.16 Å². The predicted molar refractivity (Wildman–Crippen MR) is 107 cm³/mol. The maximum absolute atomic E-state index is 10.2. The molecule has 1 N–H and O–H groups in total. The van der Waals surface area contributed by atoms with E-state index in [1.54, 1.807) is 7.11 Å². The quantitative estimate of drug-likeness (QED) is 0.736. The number of aliphatic hydroxyl groups excluding tert-OH is 1. The van der Waals surface area contributed by atoms with Gasteiger partial charge in [-0.1, -0.05) is 54.5 Å². The molecular weight excluding hydrogens is 340 g/mol. The number of nitrogens with zero attached hydrogens (tertiary/aromatic N) is 2. The molecule has 0 amide bonds. The molecule has 0 aliphatic carbocycles. The van der Waals surface area contributed by atoms with Gasteiger partial charge in [-0.15, -0.1) is 0 Å². The minimum absolute atomic E-state index is 0.00475. The zero-order valence-electron chi connectivity index (χ0n) is 16.0. The number of aliphatic hydroxyl groups is 1. The first kappa shape index (κ1) is 19.4. The molecule has 1 heterocycles. The normalized spacial score (nSPS) is 17.5. The van der Waals surface area contributed by atoms with Crippen LogP contribution in [0.5, 0.6) is 5.75 Å². The van der Waals surface area contributed by atoms with E-state index >= 15 is 0 Å². The molecule has 2 aromatic carbocycles. The highest BCUT2D eigenvalue weighted by Gasteiger charge is 2.25. The second-order valence-electron chi connectivity index (χ2n) is 6.94. The van der Waals surface area contributed by atoms with E-state index in [1.165, 1.54) is 0 Å². The molecule has 3 rings (SSSR count). The molecular formula is C22H28N2O3. The van der Waals surface area contributed by atoms with Gasteiger partial charge in [-0.2, -0.15) is 0 Å². The lowest BCUT2D eigenvalue weighted by atomic mass is 10.0. The molecule has 144 valence electrons. The minimum atomic E-state index is -0.355. The van der Waals surface area contributed by atoms with Crippen molar-refractivity contribution in [2.75, 3.05) is 20.2 Å². The maximum Gasteiger partial charge on any atom is 0.145 e. The van der Waals surface area contributed by atoms with Gasteiger partial charge < -0.3 is 14.7 Å². The smallest absolute Gasteiger partial charge is 0.145 e. The van der Waals surface area contributed by atoms with Crippen LogP contribution in [0.3, 0.4) is 0 Å². The van der Waals surface area contributed by atoms with Crippen LogP contribution in [-0.2, 0) is 11.4 Å². The summed E-state index contributed by atoms with van der Waals surface area (Å²) in [5, 5.41) is 14.5. The van der Waals surface area contributed by atoms with Gasteiger partial charge in [-0.25, -0.2) is 0 Å². The molecule has 0 spiro atoms. The fourth-order valence-corrected chi connectivity index (χ4v) is 3.28. The molecule has 5 heteroatoms. The fourth-order valence-electron chi connectivity index (χ4n) is 3.28. The van der Waals surface area contributed by atoms with E-state index in [-0.39, 0.29) is 12.2 Å². The number of benzene rings is 2. The average molecular weight is 368 g/mol. The Bertz CT molecular complexity index is 748. The van der Waals surface area contributed by atoms with E-state index in [4.69, 9.17) is 9.57 Å². The van der Waals surface area contributed by atoms with Crippen molar-refractivity contribution in [3.05, 3.63) is 65.7 Å². The number of methoxy groups -OCH3 is 1. The van der Waals surface area contributed by atoms with E-state index in [2.05, 4.69) is 28.3 Å². The summed E-state index contributed by atoms with van der Waals surface area (Å²) < 4.78 is 5.32. The van der Waals surface area contributed by atoms with E-state index in [9.17, 15) is 5.11 Å². The van der Waals surface area contributed by atoms with Crippen LogP contribution in [0.15, 0.2) is 59.8 Å². The van der Waals surface area contributed by atoms with Gasteiger partial charge in [0.2, 0.25) is 0 Å². The summed E-state index contributed by atoms with van der Waals surface area (Å²) >= 11 is 0. The summed E-state index contributed by atoms with van der Waals surface area (Å²) in [7, 11) is 1.67. The highest BCUT2D eigenvalue weighted by atomic mass is 16.6. The van der Waals surface area contributed by atoms with Crippen LogP contribution in [0.4, 0.5) is 0 Å². The van der Waals surface area contributed by atoms with Gasteiger partial charge in [0.15, 0.2) is 0 Å². The van der Waals surface area contributed by atoms with Crippen molar-refractivity contribution in [3.63, 3.8) is 0 Å². The van der Waals surface area contributed by atoms with Crippen LogP contribution >= 0.6 is 0 Å². The van der Waals surface area contributed by atoms with Crippen molar-refractivity contribution in [3.8, 4) is 5.75 Å². The third kappa shape index (κ3) is 5.55. The van der Waals surface area contributed by atoms with Crippen LogP contribution in [-0.4, -0.2) is 48.1 Å². The third-order valence-electron chi connectivity index (χ3n) is 4.78. The molecule has 0 radical (unpaired) electrons. The first-order valence-corrected chi connectivity index (χ1v) is 9.49. The monoisotopic (exact) mass is 368 g/mol. The maximum atomic E-state index is 10.2. The first-order chi connectivity index (χ1) is 13.2. The topological polar surface area (TPSA) is 54.3 Å². The molecule has 0 bridgehead atoms. The number of ether oxygens (including phenoxy) is 1. The molecule has 2 atom stereocenters. The number of hydrogen-bond donors (Lipinski definition) is 1. The summed E-state index contributed by atoms with van der Waals surface area (Å²) in [6.45, 7) is 4.05. The van der Waals surface area contributed by atoms with Crippen molar-refractivity contribution in [2.45, 2.75) is 38.5 Å². The van der Waals surface area contributed by atoms with Crippen LogP contribution in [0.1, 0.15) is 30.9 Å². The van der Waals surface area contributed by atoms with Gasteiger partial charge in [-0.05, 0) is 29.7 Å². The standard InChI is InChI=1S/C22H28N2O3/c1-3-19(25)15-24(14-17-8-7-11-20(12-17)26-2)16-21-13-22(23-27-21)18-9-5-4-6-10-18/h4-12,19,21,25H,3,13-16H2,1-2H3. The molecule has 1 aliphatic heterocycles. The zero-order chi connectivity index (χ0) is 19.1. The van der Waals surface area contributed by atoms with Gasteiger partial charge in [-0.3, -0.25) is 4.90 Å². The van der Waals surface area contributed by atoms with E-state index in [1.807, 2.05) is 43.3 Å². The Labute approximate surface area is 161 Å². The highest BCUT2D eigenvalue weighted by Crippen LogP contribution is 2.20. The second-order valence-corrected chi connectivity index (χ2v) is 6.94. The highest BCUT2D eigenvalue weighted by molar-refractivity contribution is 6.01. The summed E-state index contributed by atoms with van der Waals surface area (Å²) in [4.78, 5) is 7.92. The molecule has 0 saturated heterocycles. The van der Waals surface area contributed by atoms with Crippen molar-refractivity contribution >= 4 is 5.71 Å². The molecule has 0 aromatic heterocycles. The Morgan fingerprint density at radius 3 is 2.78 bits per heavy atom. The Morgan fingerprint density at radius 2 is 2.04 bits per heavy atom. The van der Waals surface area contributed by atoms with Crippen LogP contribution in [0.2, 0.25) is 0 Å². The summed E-state index contributed by atoms with van der Waals surface area (Å²) in [5.74, 6) is 0.843. The number of rotatable bonds is 9. The van der Waals surface area contributed by atoms with Crippen LogP contribution in [0.25, 0.3) is 0 Å². The summed E-state index contributed by atoms with van der Waals surface area (Å²) in [6.07, 6.45) is 1.15.